The van der Waals surface area contributed by atoms with Gasteiger partial charge >= 0.3 is 5.97 Å². The molecular weight excluding hydrogens is 311 g/mol. The van der Waals surface area contributed by atoms with Gasteiger partial charge in [0.2, 0.25) is 0 Å². The molecule has 0 aliphatic carbocycles. The SMILES string of the molecule is O=C(C[C@@H](C(=O)O)c1cccc(Cl)c1)c1ccc(Cl)cc1. The predicted molar refractivity (Wildman–Crippen MR) is 82.2 cm³/mol. The summed E-state index contributed by atoms with van der Waals surface area (Å²) in [7, 11) is 0. The van der Waals surface area contributed by atoms with Crippen LogP contribution in [0.15, 0.2) is 48.5 Å². The maximum Gasteiger partial charge on any atom is 0.311 e. The monoisotopic (exact) mass is 322 g/mol. The van der Waals surface area contributed by atoms with Gasteiger partial charge in [-0.15, -0.1) is 0 Å². The molecule has 2 aromatic rings. The smallest absolute Gasteiger partial charge is 0.311 e. The first kappa shape index (κ1) is 15.5. The normalized spacial score (nSPS) is 11.9. The average molecular weight is 323 g/mol. The summed E-state index contributed by atoms with van der Waals surface area (Å²) in [4.78, 5) is 23.6. The number of carboxylic acids is 1. The number of carbonyl (C=O) groups excluding carboxylic acids is 1. The summed E-state index contributed by atoms with van der Waals surface area (Å²) in [6.07, 6.45) is -0.128. The van der Waals surface area contributed by atoms with Crippen LogP contribution in [0.3, 0.4) is 0 Å². The molecule has 108 valence electrons. The molecule has 0 fully saturated rings. The number of halogens is 2. The molecule has 0 aromatic heterocycles. The third-order valence-electron chi connectivity index (χ3n) is 3.10. The Morgan fingerprint density at radius 1 is 1.00 bits per heavy atom. The lowest BCUT2D eigenvalue weighted by molar-refractivity contribution is -0.138. The summed E-state index contributed by atoms with van der Waals surface area (Å²) in [5, 5.41) is 10.3. The Labute approximate surface area is 132 Å². The van der Waals surface area contributed by atoms with E-state index in [4.69, 9.17) is 23.2 Å². The molecule has 0 saturated heterocycles. The molecule has 2 rings (SSSR count). The molecule has 21 heavy (non-hydrogen) atoms. The average Bonchev–Trinajstić information content (AvgIpc) is 2.45. The van der Waals surface area contributed by atoms with Crippen LogP contribution < -0.4 is 0 Å². The van der Waals surface area contributed by atoms with Crippen LogP contribution in [0.1, 0.15) is 28.3 Å². The lowest BCUT2D eigenvalue weighted by atomic mass is 9.92. The lowest BCUT2D eigenvalue weighted by Gasteiger charge is -2.12. The highest BCUT2D eigenvalue weighted by atomic mass is 35.5. The first-order chi connectivity index (χ1) is 9.97. The van der Waals surface area contributed by atoms with Crippen molar-refractivity contribution in [2.75, 3.05) is 0 Å². The molecule has 0 saturated carbocycles. The second-order valence-corrected chi connectivity index (χ2v) is 5.45. The van der Waals surface area contributed by atoms with Gasteiger partial charge in [0.05, 0.1) is 5.92 Å². The molecule has 0 bridgehead atoms. The van der Waals surface area contributed by atoms with E-state index in [1.165, 1.54) is 0 Å². The fraction of sp³-hybridized carbons (Fsp3) is 0.125. The molecule has 1 N–H and O–H groups in total. The zero-order valence-corrected chi connectivity index (χ0v) is 12.4. The minimum atomic E-state index is -1.06. The van der Waals surface area contributed by atoms with Crippen LogP contribution in [0.5, 0.6) is 0 Å². The van der Waals surface area contributed by atoms with Crippen molar-refractivity contribution in [2.24, 2.45) is 0 Å². The summed E-state index contributed by atoms with van der Waals surface area (Å²) < 4.78 is 0. The van der Waals surface area contributed by atoms with E-state index < -0.39 is 11.9 Å². The van der Waals surface area contributed by atoms with E-state index in [9.17, 15) is 14.7 Å². The minimum Gasteiger partial charge on any atom is -0.481 e. The van der Waals surface area contributed by atoms with Crippen molar-refractivity contribution in [3.05, 3.63) is 69.7 Å². The number of carboxylic acid groups (broad SMARTS) is 1. The molecular formula is C16H12Cl2O3. The molecule has 0 unspecified atom stereocenters. The van der Waals surface area contributed by atoms with Gasteiger partial charge in [-0.1, -0.05) is 35.3 Å². The van der Waals surface area contributed by atoms with Gasteiger partial charge in [-0.05, 0) is 42.0 Å². The van der Waals surface area contributed by atoms with Crippen molar-refractivity contribution < 1.29 is 14.7 Å². The second kappa shape index (κ2) is 6.74. The van der Waals surface area contributed by atoms with Crippen molar-refractivity contribution >= 4 is 35.0 Å². The van der Waals surface area contributed by atoms with Gasteiger partial charge in [-0.3, -0.25) is 9.59 Å². The number of carbonyl (C=O) groups is 2. The molecule has 0 radical (unpaired) electrons. The van der Waals surface area contributed by atoms with E-state index in [1.54, 1.807) is 48.5 Å². The minimum absolute atomic E-state index is 0.128. The van der Waals surface area contributed by atoms with Gasteiger partial charge in [0.1, 0.15) is 0 Å². The summed E-state index contributed by atoms with van der Waals surface area (Å²) in [6, 6.07) is 12.9. The highest BCUT2D eigenvalue weighted by molar-refractivity contribution is 6.31. The zero-order chi connectivity index (χ0) is 15.4. The highest BCUT2D eigenvalue weighted by Gasteiger charge is 2.24. The zero-order valence-electron chi connectivity index (χ0n) is 10.9. The van der Waals surface area contributed by atoms with E-state index >= 15 is 0 Å². The van der Waals surface area contributed by atoms with E-state index in [1.807, 2.05) is 0 Å². The third-order valence-corrected chi connectivity index (χ3v) is 3.59. The van der Waals surface area contributed by atoms with Crippen LogP contribution in [0.25, 0.3) is 0 Å². The van der Waals surface area contributed by atoms with Crippen molar-refractivity contribution in [1.82, 2.24) is 0 Å². The van der Waals surface area contributed by atoms with Crippen molar-refractivity contribution in [1.29, 1.82) is 0 Å². The summed E-state index contributed by atoms with van der Waals surface area (Å²) in [5.41, 5.74) is 0.949. The van der Waals surface area contributed by atoms with Gasteiger partial charge in [-0.25, -0.2) is 0 Å². The van der Waals surface area contributed by atoms with Gasteiger partial charge in [0.25, 0.3) is 0 Å². The van der Waals surface area contributed by atoms with Crippen LogP contribution >= 0.6 is 23.2 Å². The molecule has 0 spiro atoms. The van der Waals surface area contributed by atoms with Crippen molar-refractivity contribution in [3.63, 3.8) is 0 Å². The number of rotatable bonds is 5. The summed E-state index contributed by atoms with van der Waals surface area (Å²) >= 11 is 11.6. The highest BCUT2D eigenvalue weighted by Crippen LogP contribution is 2.25. The number of Topliss-reactive ketones (excluding diaryl/α,β-unsaturated/α-hetero) is 1. The molecule has 2 aromatic carbocycles. The number of hydrogen-bond donors (Lipinski definition) is 1. The number of benzene rings is 2. The second-order valence-electron chi connectivity index (χ2n) is 4.58. The Morgan fingerprint density at radius 3 is 2.24 bits per heavy atom. The molecule has 0 heterocycles. The molecule has 5 heteroatoms. The third kappa shape index (κ3) is 4.06. The Bertz CT molecular complexity index is 665. The molecule has 3 nitrogen and oxygen atoms in total. The summed E-state index contributed by atoms with van der Waals surface area (Å²) in [6.45, 7) is 0. The topological polar surface area (TPSA) is 54.4 Å². The predicted octanol–water partition coefficient (Wildman–Crippen LogP) is 4.43. The van der Waals surface area contributed by atoms with Crippen LogP contribution in [0.4, 0.5) is 0 Å². The number of aliphatic carboxylic acids is 1. The van der Waals surface area contributed by atoms with Crippen molar-refractivity contribution in [2.45, 2.75) is 12.3 Å². The Kier molecular flexibility index (Phi) is 4.99. The fourth-order valence-corrected chi connectivity index (χ4v) is 2.33. The van der Waals surface area contributed by atoms with E-state index in [0.29, 0.717) is 21.2 Å². The molecule has 1 atom stereocenters. The van der Waals surface area contributed by atoms with Crippen LogP contribution in [0.2, 0.25) is 10.0 Å². The number of hydrogen-bond acceptors (Lipinski definition) is 2. The number of ketones is 1. The van der Waals surface area contributed by atoms with Crippen molar-refractivity contribution in [3.8, 4) is 0 Å². The Morgan fingerprint density at radius 2 is 1.67 bits per heavy atom. The van der Waals surface area contributed by atoms with Crippen LogP contribution in [0, 0.1) is 0 Å². The first-order valence-corrected chi connectivity index (χ1v) is 7.00. The quantitative estimate of drug-likeness (QED) is 0.828. The summed E-state index contributed by atoms with van der Waals surface area (Å²) in [5.74, 6) is -2.23. The lowest BCUT2D eigenvalue weighted by Crippen LogP contribution is -2.16. The largest absolute Gasteiger partial charge is 0.481 e. The Balaban J connectivity index is 2.22. The van der Waals surface area contributed by atoms with Gasteiger partial charge in [0.15, 0.2) is 5.78 Å². The van der Waals surface area contributed by atoms with Gasteiger partial charge < -0.3 is 5.11 Å². The van der Waals surface area contributed by atoms with Crippen LogP contribution in [-0.2, 0) is 4.79 Å². The van der Waals surface area contributed by atoms with E-state index in [-0.39, 0.29) is 12.2 Å². The van der Waals surface area contributed by atoms with Crippen LogP contribution in [-0.4, -0.2) is 16.9 Å². The molecule has 0 aliphatic rings. The first-order valence-electron chi connectivity index (χ1n) is 6.24. The van der Waals surface area contributed by atoms with Gasteiger partial charge in [-0.2, -0.15) is 0 Å². The standard InChI is InChI=1S/C16H12Cl2O3/c17-12-6-4-10(5-7-12)15(19)9-14(16(20)21)11-2-1-3-13(18)8-11/h1-8,14H,9H2,(H,20,21)/t14-/m1/s1. The maximum atomic E-state index is 12.2. The maximum absolute atomic E-state index is 12.2. The van der Waals surface area contributed by atoms with Gasteiger partial charge in [0, 0.05) is 22.0 Å². The van der Waals surface area contributed by atoms with E-state index in [0.717, 1.165) is 0 Å². The molecule has 0 amide bonds. The molecule has 0 aliphatic heterocycles. The fourth-order valence-electron chi connectivity index (χ4n) is 2.01. The van der Waals surface area contributed by atoms with E-state index in [2.05, 4.69) is 0 Å². The Hall–Kier alpha value is -1.84.